The first-order valence-electron chi connectivity index (χ1n) is 8.83. The molecule has 3 heteroatoms. The van der Waals surface area contributed by atoms with E-state index in [0.717, 1.165) is 6.04 Å². The quantitative estimate of drug-likeness (QED) is 0.864. The average molecular weight is 305 g/mol. The molecule has 3 aliphatic rings. The minimum Gasteiger partial charge on any atom is -0.303 e. The Morgan fingerprint density at radius 3 is 2.19 bits per heavy atom. The highest BCUT2D eigenvalue weighted by molar-refractivity contribution is 7.11. The lowest BCUT2D eigenvalue weighted by atomic mass is 9.66. The lowest BCUT2D eigenvalue weighted by molar-refractivity contribution is 0.107. The third-order valence-electron chi connectivity index (χ3n) is 6.32. The fourth-order valence-corrected chi connectivity index (χ4v) is 5.67. The van der Waals surface area contributed by atoms with Gasteiger partial charge in [-0.1, -0.05) is 12.8 Å². The molecule has 1 aromatic heterocycles. The van der Waals surface area contributed by atoms with Gasteiger partial charge in [0.2, 0.25) is 0 Å². The Hall–Kier alpha value is -0.410. The largest absolute Gasteiger partial charge is 0.303 e. The van der Waals surface area contributed by atoms with Gasteiger partial charge in [-0.25, -0.2) is 4.98 Å². The summed E-state index contributed by atoms with van der Waals surface area (Å²) in [5, 5.41) is 5.40. The van der Waals surface area contributed by atoms with Crippen LogP contribution in [0.2, 0.25) is 0 Å². The summed E-state index contributed by atoms with van der Waals surface area (Å²) in [4.78, 5) is 6.36. The predicted octanol–water partition coefficient (Wildman–Crippen LogP) is 4.84. The molecule has 21 heavy (non-hydrogen) atoms. The zero-order valence-corrected chi connectivity index (χ0v) is 14.3. The van der Waals surface area contributed by atoms with Crippen molar-refractivity contribution in [1.82, 2.24) is 10.3 Å². The minimum atomic E-state index is 0.207. The van der Waals surface area contributed by atoms with Gasteiger partial charge in [0.05, 0.1) is 11.2 Å². The molecule has 116 valence electrons. The van der Waals surface area contributed by atoms with Crippen molar-refractivity contribution in [2.24, 2.45) is 5.41 Å². The molecule has 3 saturated carbocycles. The summed E-state index contributed by atoms with van der Waals surface area (Å²) in [6, 6.07) is 0.771. The maximum Gasteiger partial charge on any atom is 0.113 e. The Kier molecular flexibility index (Phi) is 3.42. The van der Waals surface area contributed by atoms with Crippen molar-refractivity contribution in [3.05, 3.63) is 15.6 Å². The second-order valence-corrected chi connectivity index (χ2v) is 9.07. The summed E-state index contributed by atoms with van der Waals surface area (Å²) in [6.07, 6.45) is 14.1. The first-order chi connectivity index (χ1) is 10.1. The summed E-state index contributed by atoms with van der Waals surface area (Å²) in [7, 11) is 0. The van der Waals surface area contributed by atoms with Crippen molar-refractivity contribution in [2.45, 2.75) is 89.6 Å². The number of rotatable bonds is 3. The van der Waals surface area contributed by atoms with E-state index in [-0.39, 0.29) is 5.54 Å². The highest BCUT2D eigenvalue weighted by atomic mass is 32.1. The fraction of sp³-hybridized carbons (Fsp3) is 0.833. The molecule has 4 rings (SSSR count). The van der Waals surface area contributed by atoms with Crippen molar-refractivity contribution in [3.63, 3.8) is 0 Å². The van der Waals surface area contributed by atoms with E-state index in [9.17, 15) is 0 Å². The number of aryl methyl sites for hydroxylation is 2. The molecule has 1 N–H and O–H groups in total. The molecular formula is C18H28N2S. The van der Waals surface area contributed by atoms with Gasteiger partial charge in [0.1, 0.15) is 5.01 Å². The molecule has 0 radical (unpaired) electrons. The number of nitrogens with one attached hydrogen (secondary N) is 1. The van der Waals surface area contributed by atoms with Crippen molar-refractivity contribution in [3.8, 4) is 0 Å². The number of thiazole rings is 1. The lowest BCUT2D eigenvalue weighted by Crippen LogP contribution is -2.48. The standard InChI is InChI=1S/C18H28N2S/c1-13-14(2)21-16(19-13)18(20-15-5-6-15)11-9-17(10-12-18)7-3-4-8-17/h15,20H,3-12H2,1-2H3. The number of hydrogen-bond donors (Lipinski definition) is 1. The Bertz CT molecular complexity index is 494. The van der Waals surface area contributed by atoms with Crippen LogP contribution in [0.4, 0.5) is 0 Å². The van der Waals surface area contributed by atoms with Crippen LogP contribution in [0.25, 0.3) is 0 Å². The van der Waals surface area contributed by atoms with E-state index in [0.29, 0.717) is 5.41 Å². The Morgan fingerprint density at radius 2 is 1.67 bits per heavy atom. The van der Waals surface area contributed by atoms with Gasteiger partial charge in [-0.05, 0) is 70.6 Å². The molecule has 1 spiro atoms. The molecule has 0 amide bonds. The van der Waals surface area contributed by atoms with Crippen LogP contribution in [0.3, 0.4) is 0 Å². The van der Waals surface area contributed by atoms with Gasteiger partial charge < -0.3 is 5.32 Å². The maximum atomic E-state index is 4.96. The van der Waals surface area contributed by atoms with Crippen molar-refractivity contribution < 1.29 is 0 Å². The molecule has 0 bridgehead atoms. The number of hydrogen-bond acceptors (Lipinski definition) is 3. The van der Waals surface area contributed by atoms with Crippen LogP contribution in [-0.4, -0.2) is 11.0 Å². The van der Waals surface area contributed by atoms with E-state index in [2.05, 4.69) is 19.2 Å². The van der Waals surface area contributed by atoms with E-state index in [1.165, 1.54) is 79.8 Å². The van der Waals surface area contributed by atoms with Crippen LogP contribution < -0.4 is 5.32 Å². The topological polar surface area (TPSA) is 24.9 Å². The van der Waals surface area contributed by atoms with Gasteiger partial charge in [0.15, 0.2) is 0 Å². The van der Waals surface area contributed by atoms with Crippen molar-refractivity contribution >= 4 is 11.3 Å². The lowest BCUT2D eigenvalue weighted by Gasteiger charge is -2.45. The predicted molar refractivity (Wildman–Crippen MR) is 88.8 cm³/mol. The Labute approximate surface area is 132 Å². The molecule has 0 aromatic carbocycles. The van der Waals surface area contributed by atoms with Gasteiger partial charge in [0, 0.05) is 10.9 Å². The third kappa shape index (κ3) is 2.57. The van der Waals surface area contributed by atoms with E-state index < -0.39 is 0 Å². The van der Waals surface area contributed by atoms with Gasteiger partial charge in [-0.3, -0.25) is 0 Å². The maximum absolute atomic E-state index is 4.96. The Balaban J connectivity index is 1.59. The van der Waals surface area contributed by atoms with Crippen LogP contribution in [0, 0.1) is 19.3 Å². The highest BCUT2D eigenvalue weighted by Gasteiger charge is 2.47. The van der Waals surface area contributed by atoms with Gasteiger partial charge >= 0.3 is 0 Å². The molecule has 3 fully saturated rings. The Morgan fingerprint density at radius 1 is 1.00 bits per heavy atom. The van der Waals surface area contributed by atoms with Crippen molar-refractivity contribution in [2.75, 3.05) is 0 Å². The molecule has 0 aliphatic heterocycles. The van der Waals surface area contributed by atoms with Crippen LogP contribution >= 0.6 is 11.3 Å². The van der Waals surface area contributed by atoms with E-state index in [1.54, 1.807) is 0 Å². The summed E-state index contributed by atoms with van der Waals surface area (Å²) in [5.41, 5.74) is 2.16. The zero-order valence-electron chi connectivity index (χ0n) is 13.5. The molecule has 0 unspecified atom stereocenters. The van der Waals surface area contributed by atoms with E-state index >= 15 is 0 Å². The summed E-state index contributed by atoms with van der Waals surface area (Å²) >= 11 is 1.95. The van der Waals surface area contributed by atoms with E-state index in [4.69, 9.17) is 4.98 Å². The molecule has 2 nitrogen and oxygen atoms in total. The number of nitrogens with zero attached hydrogens (tertiary/aromatic N) is 1. The molecular weight excluding hydrogens is 276 g/mol. The second kappa shape index (κ2) is 5.06. The fourth-order valence-electron chi connectivity index (χ4n) is 4.55. The van der Waals surface area contributed by atoms with Gasteiger partial charge in [0.25, 0.3) is 0 Å². The van der Waals surface area contributed by atoms with Gasteiger partial charge in [-0.2, -0.15) is 0 Å². The van der Waals surface area contributed by atoms with Crippen molar-refractivity contribution in [1.29, 1.82) is 0 Å². The summed E-state index contributed by atoms with van der Waals surface area (Å²) in [5.74, 6) is 0. The molecule has 3 aliphatic carbocycles. The average Bonchev–Trinajstić information content (AvgIpc) is 3.06. The molecule has 0 atom stereocenters. The third-order valence-corrected chi connectivity index (χ3v) is 7.60. The van der Waals surface area contributed by atoms with Crippen LogP contribution in [0.5, 0.6) is 0 Å². The highest BCUT2D eigenvalue weighted by Crippen LogP contribution is 2.54. The first kappa shape index (κ1) is 14.2. The summed E-state index contributed by atoms with van der Waals surface area (Å²) < 4.78 is 0. The number of aromatic nitrogens is 1. The molecule has 1 heterocycles. The van der Waals surface area contributed by atoms with Gasteiger partial charge in [-0.15, -0.1) is 11.3 Å². The molecule has 0 saturated heterocycles. The minimum absolute atomic E-state index is 0.207. The molecule has 1 aromatic rings. The second-order valence-electron chi connectivity index (χ2n) is 7.87. The van der Waals surface area contributed by atoms with E-state index in [1.807, 2.05) is 11.3 Å². The normalized spacial score (nSPS) is 27.3. The summed E-state index contributed by atoms with van der Waals surface area (Å²) in [6.45, 7) is 4.39. The monoisotopic (exact) mass is 304 g/mol. The SMILES string of the molecule is Cc1nc(C2(NC3CC3)CCC3(CCCC3)CC2)sc1C. The van der Waals surface area contributed by atoms with Crippen LogP contribution in [0.15, 0.2) is 0 Å². The van der Waals surface area contributed by atoms with Crippen LogP contribution in [-0.2, 0) is 5.54 Å². The zero-order chi connectivity index (χ0) is 14.5. The van der Waals surface area contributed by atoms with Crippen LogP contribution in [0.1, 0.15) is 79.8 Å². The smallest absolute Gasteiger partial charge is 0.113 e. The first-order valence-corrected chi connectivity index (χ1v) is 9.65.